The van der Waals surface area contributed by atoms with Gasteiger partial charge in [0.2, 0.25) is 0 Å². The van der Waals surface area contributed by atoms with Crippen LogP contribution in [-0.2, 0) is 0 Å². The highest BCUT2D eigenvalue weighted by Crippen LogP contribution is 2.39. The first-order valence-electron chi connectivity index (χ1n) is 18.5. The predicted octanol–water partition coefficient (Wildman–Crippen LogP) is 9.08. The van der Waals surface area contributed by atoms with Gasteiger partial charge in [0.25, 0.3) is 23.6 Å². The van der Waals surface area contributed by atoms with E-state index in [2.05, 4.69) is 57.7 Å². The number of hydrogen-bond donors (Lipinski definition) is 0. The van der Waals surface area contributed by atoms with Crippen molar-refractivity contribution in [3.8, 4) is 11.4 Å². The number of carbonyl (C=O) groups is 4. The van der Waals surface area contributed by atoms with Crippen LogP contribution in [0.25, 0.3) is 55.0 Å². The van der Waals surface area contributed by atoms with Gasteiger partial charge < -0.3 is 9.13 Å². The molecule has 4 heterocycles. The molecule has 1 fully saturated rings. The maximum atomic E-state index is 14.0. The molecule has 8 nitrogen and oxygen atoms in total. The van der Waals surface area contributed by atoms with E-state index in [0.29, 0.717) is 47.9 Å². The molecule has 2 aromatic heterocycles. The molecule has 11 rings (SSSR count). The molecular formula is C46H32N4O4. The summed E-state index contributed by atoms with van der Waals surface area (Å²) in [5.74, 6) is -1.16. The summed E-state index contributed by atoms with van der Waals surface area (Å²) in [6.07, 6.45) is 2.04. The van der Waals surface area contributed by atoms with Crippen molar-refractivity contribution < 1.29 is 19.2 Å². The minimum Gasteiger partial charge on any atom is -0.309 e. The maximum Gasteiger partial charge on any atom is 0.261 e. The summed E-state index contributed by atoms with van der Waals surface area (Å²) in [4.78, 5) is 58.4. The van der Waals surface area contributed by atoms with Crippen molar-refractivity contribution in [2.75, 3.05) is 0 Å². The molecule has 4 amide bonds. The molecule has 0 radical (unpaired) electrons. The third-order valence-corrected chi connectivity index (χ3v) is 11.9. The standard InChI is InChI=1S/C46H32N4O4/c51-43-35-23-21-29(47-39-13-5-1-9-31(39)32-10-2-6-14-40(32)47)25-37(35)45(53)49(43)27-17-19-28(20-18-27)50-44(52)36-24-22-30(26-38(36)46(50)54)48-41-15-7-3-11-33(41)34-12-4-8-16-42(34)48/h1-16,21-28H,17-20H2. The maximum absolute atomic E-state index is 14.0. The predicted molar refractivity (Wildman–Crippen MR) is 209 cm³/mol. The van der Waals surface area contributed by atoms with Gasteiger partial charge in [0, 0.05) is 45.0 Å². The van der Waals surface area contributed by atoms with E-state index in [1.165, 1.54) is 9.80 Å². The van der Waals surface area contributed by atoms with Gasteiger partial charge in [0.15, 0.2) is 0 Å². The number of fused-ring (bicyclic) bond motifs is 8. The molecule has 8 heteroatoms. The molecule has 54 heavy (non-hydrogen) atoms. The molecule has 0 unspecified atom stereocenters. The topological polar surface area (TPSA) is 84.6 Å². The highest BCUT2D eigenvalue weighted by atomic mass is 16.2. The molecule has 1 aliphatic carbocycles. The highest BCUT2D eigenvalue weighted by Gasteiger charge is 2.45. The van der Waals surface area contributed by atoms with Crippen LogP contribution in [0, 0.1) is 0 Å². The Balaban J connectivity index is 0.848. The Morgan fingerprint density at radius 1 is 0.352 bits per heavy atom. The number of benzene rings is 6. The lowest BCUT2D eigenvalue weighted by Crippen LogP contribution is -2.47. The van der Waals surface area contributed by atoms with Gasteiger partial charge in [-0.1, -0.05) is 72.8 Å². The molecule has 1 saturated carbocycles. The van der Waals surface area contributed by atoms with E-state index in [9.17, 15) is 19.2 Å². The van der Waals surface area contributed by atoms with Gasteiger partial charge >= 0.3 is 0 Å². The second-order valence-corrected chi connectivity index (χ2v) is 14.6. The SMILES string of the molecule is O=C1c2ccc(-n3c4ccccc4c4ccccc43)cc2C(=O)N1C1CCC(N2C(=O)c3ccc(-n4c5ccccc5c5ccccc54)cc3C2=O)CC1. The summed E-state index contributed by atoms with van der Waals surface area (Å²) in [5.41, 5.74) is 7.39. The van der Waals surface area contributed by atoms with Gasteiger partial charge in [-0.05, 0) is 86.3 Å². The van der Waals surface area contributed by atoms with Crippen LogP contribution in [0.3, 0.4) is 0 Å². The third kappa shape index (κ3) is 4.19. The van der Waals surface area contributed by atoms with Crippen LogP contribution in [0.15, 0.2) is 133 Å². The second-order valence-electron chi connectivity index (χ2n) is 14.6. The van der Waals surface area contributed by atoms with Crippen LogP contribution < -0.4 is 0 Å². The number of rotatable bonds is 4. The van der Waals surface area contributed by atoms with Crippen molar-refractivity contribution in [3.05, 3.63) is 156 Å². The molecule has 2 aliphatic heterocycles. The molecule has 0 saturated heterocycles. The zero-order valence-electron chi connectivity index (χ0n) is 29.1. The van der Waals surface area contributed by atoms with E-state index in [1.807, 2.05) is 72.8 Å². The van der Waals surface area contributed by atoms with Crippen molar-refractivity contribution >= 4 is 67.2 Å². The summed E-state index contributed by atoms with van der Waals surface area (Å²) < 4.78 is 4.29. The lowest BCUT2D eigenvalue weighted by atomic mass is 9.89. The molecule has 0 bridgehead atoms. The number of amides is 4. The number of imide groups is 2. The van der Waals surface area contributed by atoms with Crippen molar-refractivity contribution in [3.63, 3.8) is 0 Å². The van der Waals surface area contributed by atoms with Crippen LogP contribution in [0.4, 0.5) is 0 Å². The summed E-state index contributed by atoms with van der Waals surface area (Å²) in [6.45, 7) is 0. The van der Waals surface area contributed by atoms with Gasteiger partial charge in [-0.2, -0.15) is 0 Å². The molecule has 260 valence electrons. The average molecular weight is 705 g/mol. The van der Waals surface area contributed by atoms with Gasteiger partial charge in [0.1, 0.15) is 0 Å². The van der Waals surface area contributed by atoms with E-state index in [0.717, 1.165) is 55.0 Å². The summed E-state index contributed by atoms with van der Waals surface area (Å²) in [7, 11) is 0. The van der Waals surface area contributed by atoms with Crippen LogP contribution in [0.5, 0.6) is 0 Å². The molecule has 0 N–H and O–H groups in total. The van der Waals surface area contributed by atoms with Gasteiger partial charge in [-0.25, -0.2) is 0 Å². The Bertz CT molecular complexity index is 2660. The Kier molecular flexibility index (Phi) is 6.47. The van der Waals surface area contributed by atoms with Crippen molar-refractivity contribution in [1.82, 2.24) is 18.9 Å². The molecule has 0 spiro atoms. The van der Waals surface area contributed by atoms with Crippen LogP contribution in [0.2, 0.25) is 0 Å². The second kappa shape index (κ2) is 11.3. The van der Waals surface area contributed by atoms with E-state index in [1.54, 1.807) is 12.1 Å². The lowest BCUT2D eigenvalue weighted by molar-refractivity contribution is 0.0424. The fraction of sp³-hybridized carbons (Fsp3) is 0.130. The van der Waals surface area contributed by atoms with Gasteiger partial charge in [-0.3, -0.25) is 29.0 Å². The van der Waals surface area contributed by atoms with Gasteiger partial charge in [0.05, 0.1) is 44.3 Å². The van der Waals surface area contributed by atoms with Crippen molar-refractivity contribution in [1.29, 1.82) is 0 Å². The van der Waals surface area contributed by atoms with Crippen LogP contribution in [-0.4, -0.2) is 54.6 Å². The zero-order valence-corrected chi connectivity index (χ0v) is 29.1. The van der Waals surface area contributed by atoms with E-state index < -0.39 is 0 Å². The summed E-state index contributed by atoms with van der Waals surface area (Å²) in [5, 5.41) is 4.49. The van der Waals surface area contributed by atoms with E-state index in [4.69, 9.17) is 0 Å². The number of nitrogens with zero attached hydrogens (tertiary/aromatic N) is 4. The average Bonchev–Trinajstić information content (AvgIpc) is 3.89. The van der Waals surface area contributed by atoms with Crippen molar-refractivity contribution in [2.45, 2.75) is 37.8 Å². The number of aromatic nitrogens is 2. The normalized spacial score (nSPS) is 18.5. The minimum atomic E-state index is -0.317. The minimum absolute atomic E-state index is 0.287. The highest BCUT2D eigenvalue weighted by molar-refractivity contribution is 6.23. The first kappa shape index (κ1) is 30.8. The smallest absolute Gasteiger partial charge is 0.261 e. The Hall–Kier alpha value is -6.80. The summed E-state index contributed by atoms with van der Waals surface area (Å²) in [6, 6.07) is 43.2. The monoisotopic (exact) mass is 704 g/mol. The fourth-order valence-corrected chi connectivity index (χ4v) is 9.41. The molecule has 6 aromatic carbocycles. The fourth-order valence-electron chi connectivity index (χ4n) is 9.41. The number of para-hydroxylation sites is 4. The Morgan fingerprint density at radius 2 is 0.648 bits per heavy atom. The molecule has 3 aliphatic rings. The largest absolute Gasteiger partial charge is 0.309 e. The zero-order chi connectivity index (χ0) is 36.2. The van der Waals surface area contributed by atoms with Crippen LogP contribution >= 0.6 is 0 Å². The number of hydrogen-bond acceptors (Lipinski definition) is 4. The summed E-state index contributed by atoms with van der Waals surface area (Å²) >= 11 is 0. The first-order chi connectivity index (χ1) is 26.5. The third-order valence-electron chi connectivity index (χ3n) is 11.9. The quantitative estimate of drug-likeness (QED) is 0.171. The van der Waals surface area contributed by atoms with E-state index in [-0.39, 0.29) is 35.7 Å². The Labute approximate surface area is 309 Å². The lowest BCUT2D eigenvalue weighted by Gasteiger charge is -2.36. The molecular weight excluding hydrogens is 673 g/mol. The molecule has 8 aromatic rings. The van der Waals surface area contributed by atoms with E-state index >= 15 is 0 Å². The van der Waals surface area contributed by atoms with Crippen LogP contribution in [0.1, 0.15) is 67.1 Å². The Morgan fingerprint density at radius 3 is 0.981 bits per heavy atom. The molecule has 0 atom stereocenters. The van der Waals surface area contributed by atoms with Gasteiger partial charge in [-0.15, -0.1) is 0 Å². The van der Waals surface area contributed by atoms with Crippen molar-refractivity contribution in [2.24, 2.45) is 0 Å². The number of carbonyl (C=O) groups excluding carboxylic acids is 4. The first-order valence-corrected chi connectivity index (χ1v) is 18.5.